The van der Waals surface area contributed by atoms with Crippen LogP contribution in [-0.4, -0.2) is 29.0 Å². The van der Waals surface area contributed by atoms with E-state index in [2.05, 4.69) is 51.4 Å². The van der Waals surface area contributed by atoms with E-state index in [-0.39, 0.29) is 5.91 Å². The number of fused-ring (bicyclic) bond motifs is 2. The van der Waals surface area contributed by atoms with Gasteiger partial charge >= 0.3 is 0 Å². The Morgan fingerprint density at radius 2 is 1.90 bits per heavy atom. The standard InChI is InChI=1S/C25H22N4O2/c1-15-21-14-18(31-2)7-8-22(21)29-25(30)23(28-15)13-16-3-5-17(6-4-16)19-9-11-26-24-20(19)10-12-27-24/h3-12,14,23,28H,1,13H2,2H3,(H,26,27)(H,29,30). The Morgan fingerprint density at radius 3 is 2.71 bits per heavy atom. The Balaban J connectivity index is 1.37. The highest BCUT2D eigenvalue weighted by molar-refractivity contribution is 6.00. The molecular weight excluding hydrogens is 388 g/mol. The third-order valence-corrected chi connectivity index (χ3v) is 5.64. The second-order valence-corrected chi connectivity index (χ2v) is 7.58. The van der Waals surface area contributed by atoms with Crippen molar-refractivity contribution in [2.24, 2.45) is 0 Å². The van der Waals surface area contributed by atoms with Gasteiger partial charge in [-0.15, -0.1) is 0 Å². The number of amides is 1. The molecule has 2 aromatic carbocycles. The van der Waals surface area contributed by atoms with E-state index in [1.165, 1.54) is 0 Å². The van der Waals surface area contributed by atoms with E-state index in [0.717, 1.165) is 44.7 Å². The molecule has 0 fully saturated rings. The van der Waals surface area contributed by atoms with Crippen LogP contribution in [0.2, 0.25) is 0 Å². The molecular formula is C25H22N4O2. The number of rotatable bonds is 4. The van der Waals surface area contributed by atoms with Crippen molar-refractivity contribution in [2.75, 3.05) is 12.4 Å². The summed E-state index contributed by atoms with van der Waals surface area (Å²) < 4.78 is 5.30. The average molecular weight is 410 g/mol. The largest absolute Gasteiger partial charge is 0.497 e. The minimum absolute atomic E-state index is 0.0858. The van der Waals surface area contributed by atoms with Crippen molar-refractivity contribution in [1.29, 1.82) is 0 Å². The molecule has 154 valence electrons. The molecule has 3 N–H and O–H groups in total. The van der Waals surface area contributed by atoms with Crippen molar-refractivity contribution in [1.82, 2.24) is 15.3 Å². The summed E-state index contributed by atoms with van der Waals surface area (Å²) in [5.41, 5.74) is 6.43. The van der Waals surface area contributed by atoms with E-state index in [1.807, 2.05) is 36.5 Å². The van der Waals surface area contributed by atoms with Gasteiger partial charge in [-0.3, -0.25) is 4.79 Å². The lowest BCUT2D eigenvalue weighted by atomic mass is 9.99. The average Bonchev–Trinajstić information content (AvgIpc) is 3.24. The molecule has 0 radical (unpaired) electrons. The van der Waals surface area contributed by atoms with E-state index in [0.29, 0.717) is 12.1 Å². The number of benzene rings is 2. The molecule has 2 aromatic heterocycles. The Labute approximate surface area is 180 Å². The van der Waals surface area contributed by atoms with Gasteiger partial charge in [-0.1, -0.05) is 30.8 Å². The number of carbonyl (C=O) groups excluding carboxylic acids is 1. The first kappa shape index (κ1) is 18.9. The Morgan fingerprint density at radius 1 is 1.06 bits per heavy atom. The molecule has 0 spiro atoms. The molecule has 1 aliphatic rings. The van der Waals surface area contributed by atoms with Crippen LogP contribution >= 0.6 is 0 Å². The number of aromatic amines is 1. The van der Waals surface area contributed by atoms with Crippen LogP contribution in [0.15, 0.2) is 73.6 Å². The van der Waals surface area contributed by atoms with Crippen molar-refractivity contribution in [2.45, 2.75) is 12.5 Å². The molecule has 1 atom stereocenters. The number of hydrogen-bond donors (Lipinski definition) is 3. The first-order chi connectivity index (χ1) is 15.1. The molecule has 6 nitrogen and oxygen atoms in total. The molecule has 0 saturated heterocycles. The van der Waals surface area contributed by atoms with Gasteiger partial charge < -0.3 is 20.4 Å². The zero-order chi connectivity index (χ0) is 21.4. The van der Waals surface area contributed by atoms with Gasteiger partial charge in [0.05, 0.1) is 12.8 Å². The number of pyridine rings is 1. The van der Waals surface area contributed by atoms with Crippen LogP contribution in [0.3, 0.4) is 0 Å². The van der Waals surface area contributed by atoms with Crippen molar-refractivity contribution >= 4 is 28.3 Å². The van der Waals surface area contributed by atoms with Crippen LogP contribution in [0.25, 0.3) is 27.9 Å². The van der Waals surface area contributed by atoms with E-state index >= 15 is 0 Å². The Kier molecular flexibility index (Phi) is 4.67. The summed E-state index contributed by atoms with van der Waals surface area (Å²) in [6.07, 6.45) is 4.25. The predicted molar refractivity (Wildman–Crippen MR) is 123 cm³/mol. The zero-order valence-electron chi connectivity index (χ0n) is 17.1. The van der Waals surface area contributed by atoms with Crippen molar-refractivity contribution in [3.63, 3.8) is 0 Å². The fourth-order valence-corrected chi connectivity index (χ4v) is 3.99. The van der Waals surface area contributed by atoms with Crippen molar-refractivity contribution in [3.8, 4) is 16.9 Å². The van der Waals surface area contributed by atoms with Crippen molar-refractivity contribution in [3.05, 3.63) is 84.7 Å². The van der Waals surface area contributed by atoms with Gasteiger partial charge in [0.15, 0.2) is 0 Å². The number of carbonyl (C=O) groups is 1. The fraction of sp³-hybridized carbons (Fsp3) is 0.120. The zero-order valence-corrected chi connectivity index (χ0v) is 17.1. The first-order valence-electron chi connectivity index (χ1n) is 10.1. The topological polar surface area (TPSA) is 79.0 Å². The third kappa shape index (κ3) is 3.53. The minimum Gasteiger partial charge on any atom is -0.497 e. The smallest absolute Gasteiger partial charge is 0.247 e. The molecule has 5 rings (SSSR count). The molecule has 4 aromatic rings. The fourth-order valence-electron chi connectivity index (χ4n) is 3.99. The van der Waals surface area contributed by atoms with Crippen LogP contribution in [0, 0.1) is 0 Å². The molecule has 0 bridgehead atoms. The minimum atomic E-state index is -0.422. The van der Waals surface area contributed by atoms with E-state index in [9.17, 15) is 4.79 Å². The van der Waals surface area contributed by atoms with Crippen LogP contribution in [0.4, 0.5) is 5.69 Å². The van der Waals surface area contributed by atoms with Gasteiger partial charge in [0.1, 0.15) is 17.4 Å². The molecule has 1 amide bonds. The van der Waals surface area contributed by atoms with Gasteiger partial charge in [-0.05, 0) is 47.0 Å². The molecule has 3 heterocycles. The van der Waals surface area contributed by atoms with Gasteiger partial charge in [0, 0.05) is 35.5 Å². The Hall–Kier alpha value is -4.06. The Bertz CT molecular complexity index is 1290. The number of H-pyrrole nitrogens is 1. The van der Waals surface area contributed by atoms with E-state index < -0.39 is 6.04 Å². The summed E-state index contributed by atoms with van der Waals surface area (Å²) >= 11 is 0. The summed E-state index contributed by atoms with van der Waals surface area (Å²) in [6.45, 7) is 4.13. The lowest BCUT2D eigenvalue weighted by Crippen LogP contribution is -2.39. The molecule has 0 saturated carbocycles. The number of nitrogens with one attached hydrogen (secondary N) is 3. The van der Waals surface area contributed by atoms with Gasteiger partial charge in [-0.2, -0.15) is 0 Å². The lowest BCUT2D eigenvalue weighted by Gasteiger charge is -2.17. The molecule has 6 heteroatoms. The van der Waals surface area contributed by atoms with Crippen LogP contribution in [-0.2, 0) is 11.2 Å². The maximum absolute atomic E-state index is 12.8. The van der Waals surface area contributed by atoms with Crippen LogP contribution in [0.1, 0.15) is 11.1 Å². The normalized spacial score (nSPS) is 15.7. The monoisotopic (exact) mass is 410 g/mol. The second kappa shape index (κ2) is 7.65. The number of nitrogens with zero attached hydrogens (tertiary/aromatic N) is 1. The number of ether oxygens (including phenoxy) is 1. The summed E-state index contributed by atoms with van der Waals surface area (Å²) in [6, 6.07) is 17.5. The molecule has 1 unspecified atom stereocenters. The number of methoxy groups -OCH3 is 1. The van der Waals surface area contributed by atoms with Crippen LogP contribution < -0.4 is 15.4 Å². The SMILES string of the molecule is C=C1NC(Cc2ccc(-c3ccnc4[nH]ccc34)cc2)C(=O)Nc2ccc(OC)cc21. The third-order valence-electron chi connectivity index (χ3n) is 5.64. The molecule has 31 heavy (non-hydrogen) atoms. The molecule has 1 aliphatic heterocycles. The summed E-state index contributed by atoms with van der Waals surface area (Å²) in [5.74, 6) is 0.634. The van der Waals surface area contributed by atoms with Gasteiger partial charge in [0.25, 0.3) is 0 Å². The first-order valence-corrected chi connectivity index (χ1v) is 10.1. The highest BCUT2D eigenvalue weighted by atomic mass is 16.5. The van der Waals surface area contributed by atoms with Gasteiger partial charge in [-0.25, -0.2) is 4.98 Å². The number of anilines is 1. The summed E-state index contributed by atoms with van der Waals surface area (Å²) in [7, 11) is 1.62. The van der Waals surface area contributed by atoms with Gasteiger partial charge in [0.2, 0.25) is 5.91 Å². The van der Waals surface area contributed by atoms with E-state index in [1.54, 1.807) is 13.3 Å². The highest BCUT2D eigenvalue weighted by Gasteiger charge is 2.25. The maximum atomic E-state index is 12.8. The summed E-state index contributed by atoms with van der Waals surface area (Å²) in [4.78, 5) is 20.3. The maximum Gasteiger partial charge on any atom is 0.247 e. The second-order valence-electron chi connectivity index (χ2n) is 7.58. The predicted octanol–water partition coefficient (Wildman–Crippen LogP) is 4.36. The number of hydrogen-bond acceptors (Lipinski definition) is 4. The van der Waals surface area contributed by atoms with Crippen LogP contribution in [0.5, 0.6) is 5.75 Å². The molecule has 0 aliphatic carbocycles. The quantitative estimate of drug-likeness (QED) is 0.467. The lowest BCUT2D eigenvalue weighted by molar-refractivity contribution is -0.117. The number of aromatic nitrogens is 2. The summed E-state index contributed by atoms with van der Waals surface area (Å²) in [5, 5.41) is 7.37. The van der Waals surface area contributed by atoms with Crippen molar-refractivity contribution < 1.29 is 9.53 Å². The highest BCUT2D eigenvalue weighted by Crippen LogP contribution is 2.30. The van der Waals surface area contributed by atoms with E-state index in [4.69, 9.17) is 4.74 Å².